The summed E-state index contributed by atoms with van der Waals surface area (Å²) in [6.07, 6.45) is 0.995. The lowest BCUT2D eigenvalue weighted by molar-refractivity contribution is -0.143. The summed E-state index contributed by atoms with van der Waals surface area (Å²) in [5, 5.41) is 2.81. The molecule has 6 heteroatoms. The molecule has 1 N–H and O–H groups in total. The summed E-state index contributed by atoms with van der Waals surface area (Å²) in [5.74, 6) is 0.298. The minimum atomic E-state index is -0.298. The molecule has 22 heavy (non-hydrogen) atoms. The van der Waals surface area contributed by atoms with Crippen molar-refractivity contribution >= 4 is 17.7 Å². The smallest absolute Gasteiger partial charge is 0.321 e. The molecule has 0 aliphatic carbocycles. The standard InChI is InChI=1S/C16H24N2O4/c1-4-11-18(12-10-15(19)22-5-2)16(20)17-13-8-6-7-9-14(13)21-3/h6-9H,4-5,10-12H2,1-3H3,(H,17,20). The van der Waals surface area contributed by atoms with Gasteiger partial charge in [0, 0.05) is 13.1 Å². The number of urea groups is 1. The van der Waals surface area contributed by atoms with Crippen molar-refractivity contribution in [2.75, 3.05) is 32.1 Å². The Morgan fingerprint density at radius 1 is 1.18 bits per heavy atom. The quantitative estimate of drug-likeness (QED) is 0.750. The van der Waals surface area contributed by atoms with E-state index in [0.29, 0.717) is 31.1 Å². The molecule has 0 bridgehead atoms. The molecule has 0 heterocycles. The number of hydrogen-bond acceptors (Lipinski definition) is 4. The highest BCUT2D eigenvalue weighted by atomic mass is 16.5. The third-order valence-electron chi connectivity index (χ3n) is 3.02. The van der Waals surface area contributed by atoms with Gasteiger partial charge in [-0.2, -0.15) is 0 Å². The van der Waals surface area contributed by atoms with E-state index in [-0.39, 0.29) is 18.4 Å². The molecule has 0 aromatic heterocycles. The fourth-order valence-electron chi connectivity index (χ4n) is 1.99. The van der Waals surface area contributed by atoms with E-state index in [1.165, 1.54) is 0 Å². The van der Waals surface area contributed by atoms with Gasteiger partial charge in [-0.25, -0.2) is 4.79 Å². The predicted octanol–water partition coefficient (Wildman–Crippen LogP) is 2.89. The van der Waals surface area contributed by atoms with E-state index in [2.05, 4.69) is 5.32 Å². The Morgan fingerprint density at radius 3 is 2.55 bits per heavy atom. The van der Waals surface area contributed by atoms with Gasteiger partial charge < -0.3 is 19.7 Å². The first-order chi connectivity index (χ1) is 10.6. The van der Waals surface area contributed by atoms with Gasteiger partial charge >= 0.3 is 12.0 Å². The number of amides is 2. The largest absolute Gasteiger partial charge is 0.495 e. The van der Waals surface area contributed by atoms with Gasteiger partial charge in [-0.1, -0.05) is 19.1 Å². The van der Waals surface area contributed by atoms with Gasteiger partial charge in [0.2, 0.25) is 0 Å². The molecule has 0 atom stereocenters. The maximum Gasteiger partial charge on any atom is 0.321 e. The van der Waals surface area contributed by atoms with Crippen LogP contribution < -0.4 is 10.1 Å². The SMILES string of the molecule is CCCN(CCC(=O)OCC)C(=O)Nc1ccccc1OC. The zero-order valence-corrected chi connectivity index (χ0v) is 13.4. The molecule has 1 rings (SSSR count). The molecule has 1 aromatic carbocycles. The number of nitrogens with zero attached hydrogens (tertiary/aromatic N) is 1. The Labute approximate surface area is 131 Å². The van der Waals surface area contributed by atoms with Crippen LogP contribution in [-0.2, 0) is 9.53 Å². The lowest BCUT2D eigenvalue weighted by atomic mass is 10.3. The molecular weight excluding hydrogens is 284 g/mol. The monoisotopic (exact) mass is 308 g/mol. The number of carbonyl (C=O) groups is 2. The number of esters is 1. The van der Waals surface area contributed by atoms with Gasteiger partial charge in [0.05, 0.1) is 25.8 Å². The zero-order chi connectivity index (χ0) is 16.4. The summed E-state index contributed by atoms with van der Waals surface area (Å²) in [6, 6.07) is 6.94. The van der Waals surface area contributed by atoms with E-state index in [4.69, 9.17) is 9.47 Å². The van der Waals surface area contributed by atoms with Crippen LogP contribution in [0.25, 0.3) is 0 Å². The van der Waals surface area contributed by atoms with Crippen LogP contribution in [0.4, 0.5) is 10.5 Å². The number of para-hydroxylation sites is 2. The van der Waals surface area contributed by atoms with Crippen molar-refractivity contribution in [1.29, 1.82) is 0 Å². The third kappa shape index (κ3) is 5.63. The van der Waals surface area contributed by atoms with Crippen LogP contribution in [-0.4, -0.2) is 43.7 Å². The molecular formula is C16H24N2O4. The predicted molar refractivity (Wildman–Crippen MR) is 85.1 cm³/mol. The lowest BCUT2D eigenvalue weighted by Gasteiger charge is -2.22. The fraction of sp³-hybridized carbons (Fsp3) is 0.500. The van der Waals surface area contributed by atoms with E-state index in [9.17, 15) is 9.59 Å². The number of anilines is 1. The molecule has 0 spiro atoms. The molecule has 0 aliphatic rings. The van der Waals surface area contributed by atoms with Crippen LogP contribution in [0, 0.1) is 0 Å². The maximum atomic E-state index is 12.3. The summed E-state index contributed by atoms with van der Waals surface area (Å²) in [4.78, 5) is 25.4. The zero-order valence-electron chi connectivity index (χ0n) is 13.4. The van der Waals surface area contributed by atoms with E-state index < -0.39 is 0 Å². The van der Waals surface area contributed by atoms with Crippen molar-refractivity contribution in [1.82, 2.24) is 4.90 Å². The first kappa shape index (κ1) is 17.8. The Bertz CT molecular complexity index is 491. The second-order valence-corrected chi connectivity index (χ2v) is 4.67. The van der Waals surface area contributed by atoms with Crippen LogP contribution in [0.1, 0.15) is 26.7 Å². The third-order valence-corrected chi connectivity index (χ3v) is 3.02. The normalized spacial score (nSPS) is 9.95. The van der Waals surface area contributed by atoms with Crippen molar-refractivity contribution in [3.8, 4) is 5.75 Å². The van der Waals surface area contributed by atoms with Gasteiger partial charge in [0.25, 0.3) is 0 Å². The molecule has 0 saturated heterocycles. The van der Waals surface area contributed by atoms with Crippen LogP contribution >= 0.6 is 0 Å². The number of nitrogens with one attached hydrogen (secondary N) is 1. The minimum Gasteiger partial charge on any atom is -0.495 e. The Hall–Kier alpha value is -2.24. The molecule has 1 aromatic rings. The topological polar surface area (TPSA) is 67.9 Å². The van der Waals surface area contributed by atoms with Crippen LogP contribution in [0.2, 0.25) is 0 Å². The minimum absolute atomic E-state index is 0.188. The van der Waals surface area contributed by atoms with Crippen molar-refractivity contribution in [2.24, 2.45) is 0 Å². The van der Waals surface area contributed by atoms with Crippen LogP contribution in [0.5, 0.6) is 5.75 Å². The highest BCUT2D eigenvalue weighted by Gasteiger charge is 2.16. The Morgan fingerprint density at radius 2 is 1.91 bits per heavy atom. The number of benzene rings is 1. The summed E-state index contributed by atoms with van der Waals surface area (Å²) in [7, 11) is 1.55. The van der Waals surface area contributed by atoms with Gasteiger partial charge in [-0.15, -0.1) is 0 Å². The highest BCUT2D eigenvalue weighted by Crippen LogP contribution is 2.23. The number of rotatable bonds is 8. The second kappa shape index (κ2) is 9.65. The van der Waals surface area contributed by atoms with E-state index in [1.54, 1.807) is 31.1 Å². The molecule has 0 radical (unpaired) electrons. The number of carbonyl (C=O) groups excluding carboxylic acids is 2. The summed E-state index contributed by atoms with van der Waals surface area (Å²) in [6.45, 7) is 4.98. The first-order valence-electron chi connectivity index (χ1n) is 7.46. The van der Waals surface area contributed by atoms with Crippen molar-refractivity contribution in [3.05, 3.63) is 24.3 Å². The average molecular weight is 308 g/mol. The van der Waals surface area contributed by atoms with Crippen molar-refractivity contribution in [2.45, 2.75) is 26.7 Å². The average Bonchev–Trinajstić information content (AvgIpc) is 2.52. The van der Waals surface area contributed by atoms with Gasteiger partial charge in [0.15, 0.2) is 0 Å². The van der Waals surface area contributed by atoms with E-state index in [0.717, 1.165) is 6.42 Å². The van der Waals surface area contributed by atoms with Crippen LogP contribution in [0.15, 0.2) is 24.3 Å². The maximum absolute atomic E-state index is 12.3. The number of ether oxygens (including phenoxy) is 2. The van der Waals surface area contributed by atoms with E-state index in [1.807, 2.05) is 19.1 Å². The second-order valence-electron chi connectivity index (χ2n) is 4.67. The van der Waals surface area contributed by atoms with Gasteiger partial charge in [-0.3, -0.25) is 4.79 Å². The summed E-state index contributed by atoms with van der Waals surface area (Å²) in [5.41, 5.74) is 0.604. The molecule has 6 nitrogen and oxygen atoms in total. The molecule has 122 valence electrons. The fourth-order valence-corrected chi connectivity index (χ4v) is 1.99. The van der Waals surface area contributed by atoms with Crippen molar-refractivity contribution < 1.29 is 19.1 Å². The van der Waals surface area contributed by atoms with Crippen LogP contribution in [0.3, 0.4) is 0 Å². The Kier molecular flexibility index (Phi) is 7.81. The van der Waals surface area contributed by atoms with Gasteiger partial charge in [-0.05, 0) is 25.5 Å². The lowest BCUT2D eigenvalue weighted by Crippen LogP contribution is -2.37. The molecule has 0 unspecified atom stereocenters. The molecule has 0 saturated carbocycles. The summed E-state index contributed by atoms with van der Waals surface area (Å²) < 4.78 is 10.1. The van der Waals surface area contributed by atoms with Crippen molar-refractivity contribution in [3.63, 3.8) is 0 Å². The van der Waals surface area contributed by atoms with Gasteiger partial charge in [0.1, 0.15) is 5.75 Å². The Balaban J connectivity index is 2.66. The highest BCUT2D eigenvalue weighted by molar-refractivity contribution is 5.91. The van der Waals surface area contributed by atoms with E-state index >= 15 is 0 Å². The first-order valence-corrected chi connectivity index (χ1v) is 7.46. The molecule has 0 aliphatic heterocycles. The summed E-state index contributed by atoms with van der Waals surface area (Å²) >= 11 is 0. The number of hydrogen-bond donors (Lipinski definition) is 1. The number of methoxy groups -OCH3 is 1. The molecule has 2 amide bonds. The molecule has 0 fully saturated rings.